The molecule has 0 spiro atoms. The van der Waals surface area contributed by atoms with Crippen molar-refractivity contribution >= 4 is 33.6 Å². The molecule has 5 rings (SSSR count). The molecular weight excluding hydrogens is 613 g/mol. The molecule has 0 amide bonds. The highest BCUT2D eigenvalue weighted by molar-refractivity contribution is 6.30. The summed E-state index contributed by atoms with van der Waals surface area (Å²) >= 11 is 0. The smallest absolute Gasteiger partial charge is 0.237 e. The molecule has 0 fully saturated rings. The van der Waals surface area contributed by atoms with E-state index < -0.39 is 28.7 Å². The van der Waals surface area contributed by atoms with Gasteiger partial charge in [-0.2, -0.15) is 29.0 Å². The first kappa shape index (κ1) is 31.7. The van der Waals surface area contributed by atoms with Crippen LogP contribution in [0.2, 0.25) is 0 Å². The lowest BCUT2D eigenvalue weighted by molar-refractivity contribution is -0.137. The van der Waals surface area contributed by atoms with Crippen LogP contribution in [0.3, 0.4) is 0 Å². The predicted octanol–water partition coefficient (Wildman–Crippen LogP) is 8.62. The maximum Gasteiger partial charge on any atom is 0.417 e. The minimum Gasteiger partial charge on any atom is -0.237 e. The molecule has 0 radical (unpaired) electrons. The number of hydrogen-bond donors (Lipinski definition) is 0. The number of hydrogen-bond acceptors (Lipinski definition) is 5. The maximum absolute atomic E-state index is 14.0. The fourth-order valence-electron chi connectivity index (χ4n) is 6.17. The summed E-state index contributed by atoms with van der Waals surface area (Å²) < 4.78 is 42.1. The van der Waals surface area contributed by atoms with E-state index in [9.17, 15) is 39.5 Å². The first-order chi connectivity index (χ1) is 22.9. The number of aryl methyl sites for hydroxylation is 2. The Hall–Kier alpha value is -7.67. The Kier molecular flexibility index (Phi) is 7.73. The third-order valence-corrected chi connectivity index (χ3v) is 7.83. The van der Waals surface area contributed by atoms with E-state index in [0.29, 0.717) is 11.6 Å². The van der Waals surface area contributed by atoms with Gasteiger partial charge in [0, 0.05) is 16.7 Å². The Morgan fingerprint density at radius 3 is 1.75 bits per heavy atom. The van der Waals surface area contributed by atoms with Crippen molar-refractivity contribution in [3.8, 4) is 30.3 Å². The first-order valence-electron chi connectivity index (χ1n) is 13.6. The van der Waals surface area contributed by atoms with Crippen molar-refractivity contribution in [1.82, 2.24) is 0 Å². The molecule has 0 bridgehead atoms. The Morgan fingerprint density at radius 1 is 0.688 bits per heavy atom. The van der Waals surface area contributed by atoms with Gasteiger partial charge in [0.2, 0.25) is 5.70 Å². The monoisotopic (exact) mass is 626 g/mol. The van der Waals surface area contributed by atoms with Crippen molar-refractivity contribution in [3.05, 3.63) is 149 Å². The van der Waals surface area contributed by atoms with Gasteiger partial charge in [-0.1, -0.05) is 35.4 Å². The number of nitrogens with zero attached hydrogens (tertiary/aromatic N) is 8. The Morgan fingerprint density at radius 2 is 1.27 bits per heavy atom. The van der Waals surface area contributed by atoms with Gasteiger partial charge in [0.25, 0.3) is 11.4 Å². The van der Waals surface area contributed by atoms with Crippen molar-refractivity contribution in [1.29, 1.82) is 26.3 Å². The fraction of sp³-hybridized carbons (Fsp3) is 0.0811. The number of fused-ring (bicyclic) bond motifs is 2. The van der Waals surface area contributed by atoms with Gasteiger partial charge in [-0.15, -0.1) is 0 Å². The largest absolute Gasteiger partial charge is 0.417 e. The Labute approximate surface area is 272 Å². The summed E-state index contributed by atoms with van der Waals surface area (Å²) in [6.45, 7) is 27.3. The quantitative estimate of drug-likeness (QED) is 0.207. The number of alkyl halides is 3. The highest BCUT2D eigenvalue weighted by atomic mass is 19.4. The van der Waals surface area contributed by atoms with E-state index >= 15 is 0 Å². The molecule has 0 unspecified atom stereocenters. The van der Waals surface area contributed by atoms with Gasteiger partial charge in [-0.05, 0) is 71.0 Å². The third kappa shape index (κ3) is 4.64. The summed E-state index contributed by atoms with van der Waals surface area (Å²) in [7, 11) is 0. The van der Waals surface area contributed by atoms with Crippen LogP contribution in [0.25, 0.3) is 48.1 Å². The minimum atomic E-state index is -4.98. The summed E-state index contributed by atoms with van der Waals surface area (Å²) in [6, 6.07) is 18.4. The summed E-state index contributed by atoms with van der Waals surface area (Å²) in [6.07, 6.45) is -4.98. The summed E-state index contributed by atoms with van der Waals surface area (Å²) in [5, 5.41) is 50.5. The number of nitriles is 5. The molecule has 3 aromatic rings. The van der Waals surface area contributed by atoms with Crippen molar-refractivity contribution in [2.45, 2.75) is 20.0 Å². The normalized spacial score (nSPS) is 14.9. The second-order valence-electron chi connectivity index (χ2n) is 10.5. The van der Waals surface area contributed by atoms with Crippen LogP contribution in [0, 0.1) is 90.2 Å². The van der Waals surface area contributed by atoms with E-state index in [4.69, 9.17) is 19.7 Å². The van der Waals surface area contributed by atoms with Crippen molar-refractivity contribution in [3.63, 3.8) is 0 Å². The van der Waals surface area contributed by atoms with Gasteiger partial charge in [-0.25, -0.2) is 25.1 Å². The molecule has 0 heterocycles. The van der Waals surface area contributed by atoms with Crippen molar-refractivity contribution in [2.24, 2.45) is 0 Å². The molecule has 0 saturated heterocycles. The lowest BCUT2D eigenvalue weighted by Crippen LogP contribution is -2.08. The number of halogens is 3. The molecule has 0 N–H and O–H groups in total. The third-order valence-electron chi connectivity index (χ3n) is 7.83. The molecule has 8 nitrogen and oxygen atoms in total. The molecule has 2 aliphatic carbocycles. The Bertz CT molecular complexity index is 2490. The number of allylic oxidation sites excluding steroid dienone is 7. The predicted molar refractivity (Wildman–Crippen MR) is 167 cm³/mol. The van der Waals surface area contributed by atoms with E-state index in [2.05, 4.69) is 14.5 Å². The standard InChI is InChI=1S/C37H13F3N8/c1-18-8-19(2)10-22(9-18)31-35(29(17-45)47-4)24-12-23-32(26(15-43)33(24)36(31)48-5)25(14-42)30(34(23)28(16-44)46-3)20-6-7-21(13-41)27(11-20)37(38,39)40/h6-12H,1-2H3/b34-28+,35-29-. The molecule has 48 heavy (non-hydrogen) atoms. The maximum atomic E-state index is 14.0. The molecule has 0 atom stereocenters. The summed E-state index contributed by atoms with van der Waals surface area (Å²) in [5.41, 5.74) is -2.29. The molecule has 0 aromatic heterocycles. The minimum absolute atomic E-state index is 0.00251. The molecule has 11 heteroatoms. The van der Waals surface area contributed by atoms with E-state index in [1.54, 1.807) is 18.2 Å². The molecule has 0 saturated carbocycles. The zero-order valence-corrected chi connectivity index (χ0v) is 24.8. The average Bonchev–Trinajstić information content (AvgIpc) is 3.56. The molecule has 222 valence electrons. The number of rotatable bonds is 2. The van der Waals surface area contributed by atoms with Crippen LogP contribution in [-0.2, 0) is 6.18 Å². The first-order valence-corrected chi connectivity index (χ1v) is 13.6. The Balaban J connectivity index is 2.03. The van der Waals surface area contributed by atoms with Crippen LogP contribution in [0.1, 0.15) is 61.2 Å². The van der Waals surface area contributed by atoms with Gasteiger partial charge in [0.15, 0.2) is 0 Å². The van der Waals surface area contributed by atoms with Crippen LogP contribution in [-0.4, -0.2) is 0 Å². The summed E-state index contributed by atoms with van der Waals surface area (Å²) in [4.78, 5) is 10.4. The zero-order chi connectivity index (χ0) is 35.1. The molecular formula is C37H13F3N8. The highest BCUT2D eigenvalue weighted by Gasteiger charge is 2.41. The van der Waals surface area contributed by atoms with E-state index in [1.165, 1.54) is 12.1 Å². The lowest BCUT2D eigenvalue weighted by atomic mass is 9.88. The van der Waals surface area contributed by atoms with Crippen molar-refractivity contribution < 1.29 is 13.2 Å². The van der Waals surface area contributed by atoms with Crippen LogP contribution in [0.15, 0.2) is 53.9 Å². The lowest BCUT2D eigenvalue weighted by Gasteiger charge is -2.15. The van der Waals surface area contributed by atoms with Crippen LogP contribution in [0.5, 0.6) is 0 Å². The van der Waals surface area contributed by atoms with Gasteiger partial charge < -0.3 is 0 Å². The van der Waals surface area contributed by atoms with E-state index in [0.717, 1.165) is 23.3 Å². The van der Waals surface area contributed by atoms with Crippen molar-refractivity contribution in [2.75, 3.05) is 0 Å². The average molecular weight is 627 g/mol. The van der Waals surface area contributed by atoms with E-state index in [1.807, 2.05) is 38.1 Å². The summed E-state index contributed by atoms with van der Waals surface area (Å²) in [5.74, 6) is 0. The topological polar surface area (TPSA) is 132 Å². The van der Waals surface area contributed by atoms with Gasteiger partial charge in [0.05, 0.1) is 66.3 Å². The van der Waals surface area contributed by atoms with Crippen LogP contribution < -0.4 is 0 Å². The molecule has 0 aliphatic heterocycles. The van der Waals surface area contributed by atoms with Crippen LogP contribution in [0.4, 0.5) is 13.2 Å². The van der Waals surface area contributed by atoms with E-state index in [-0.39, 0.29) is 66.9 Å². The van der Waals surface area contributed by atoms with Gasteiger partial charge in [0.1, 0.15) is 6.07 Å². The van der Waals surface area contributed by atoms with Crippen LogP contribution >= 0.6 is 0 Å². The molecule has 3 aromatic carbocycles. The molecule has 2 aliphatic rings. The second-order valence-corrected chi connectivity index (χ2v) is 10.5. The second kappa shape index (κ2) is 11.7. The van der Waals surface area contributed by atoms with Gasteiger partial charge in [-0.3, -0.25) is 0 Å². The fourth-order valence-corrected chi connectivity index (χ4v) is 6.17. The highest BCUT2D eigenvalue weighted by Crippen LogP contribution is 2.57. The zero-order valence-electron chi connectivity index (χ0n) is 24.8. The van der Waals surface area contributed by atoms with Gasteiger partial charge >= 0.3 is 6.18 Å². The SMILES string of the molecule is [C-]#[N+]C1=C(c2cc(C)cc(C)c2)/C(=C(/C#N)[N+]#[C-])c2cc3c(c(C#N)c21)C(C#N)=C(c1ccc(C#N)c(C(F)(F)F)c1)/C3=C(\C#N)[N+]#[C-]. The number of benzene rings is 3.